The summed E-state index contributed by atoms with van der Waals surface area (Å²) in [7, 11) is 0. The van der Waals surface area contributed by atoms with Gasteiger partial charge in [-0.2, -0.15) is 13.2 Å². The third kappa shape index (κ3) is 4.53. The highest BCUT2D eigenvalue weighted by Gasteiger charge is 2.36. The Morgan fingerprint density at radius 2 is 2.00 bits per heavy atom. The summed E-state index contributed by atoms with van der Waals surface area (Å²) in [6.07, 6.45) is 1.98. The van der Waals surface area contributed by atoms with Crippen LogP contribution in [0.4, 0.5) is 18.9 Å². The van der Waals surface area contributed by atoms with Crippen LogP contribution >= 0.6 is 0 Å². The molecule has 0 saturated carbocycles. The van der Waals surface area contributed by atoms with Crippen LogP contribution in [0.5, 0.6) is 0 Å². The van der Waals surface area contributed by atoms with Gasteiger partial charge in [-0.1, -0.05) is 19.9 Å². The molecule has 0 aromatic carbocycles. The zero-order chi connectivity index (χ0) is 17.7. The van der Waals surface area contributed by atoms with Gasteiger partial charge in [0.05, 0.1) is 11.9 Å². The molecule has 2 aromatic rings. The lowest BCUT2D eigenvalue weighted by Crippen LogP contribution is -2.14. The van der Waals surface area contributed by atoms with Crippen molar-refractivity contribution in [2.75, 3.05) is 5.32 Å². The standard InChI is InChI=1S/C17H19F3N4/c1-4-5-6-12(3)23-14-10-22-16(24-15(14)17(18,19)20)13-7-11(2)8-21-9-13/h7-10,23H,3-6H2,1-2H3. The molecule has 2 rings (SSSR count). The Kier molecular flexibility index (Phi) is 5.54. The van der Waals surface area contributed by atoms with Crippen LogP contribution in [0, 0.1) is 6.92 Å². The molecule has 0 bridgehead atoms. The third-order valence-corrected chi connectivity index (χ3v) is 3.33. The van der Waals surface area contributed by atoms with Gasteiger partial charge in [-0.25, -0.2) is 9.97 Å². The van der Waals surface area contributed by atoms with Gasteiger partial charge in [0.1, 0.15) is 0 Å². The van der Waals surface area contributed by atoms with E-state index in [4.69, 9.17) is 0 Å². The average Bonchev–Trinajstić information content (AvgIpc) is 2.52. The molecule has 4 nitrogen and oxygen atoms in total. The number of allylic oxidation sites excluding steroid dienone is 1. The van der Waals surface area contributed by atoms with E-state index >= 15 is 0 Å². The number of aromatic nitrogens is 3. The fourth-order valence-electron chi connectivity index (χ4n) is 2.15. The first-order valence-electron chi connectivity index (χ1n) is 7.62. The van der Waals surface area contributed by atoms with Crippen LogP contribution in [0.15, 0.2) is 36.9 Å². The van der Waals surface area contributed by atoms with Gasteiger partial charge in [0.25, 0.3) is 0 Å². The summed E-state index contributed by atoms with van der Waals surface area (Å²) < 4.78 is 40.1. The lowest BCUT2D eigenvalue weighted by atomic mass is 10.2. The number of hydrogen-bond acceptors (Lipinski definition) is 4. The summed E-state index contributed by atoms with van der Waals surface area (Å²) in [5.41, 5.74) is 0.576. The Hall–Kier alpha value is -2.44. The molecule has 0 aliphatic carbocycles. The van der Waals surface area contributed by atoms with Crippen molar-refractivity contribution in [1.29, 1.82) is 0 Å². The minimum absolute atomic E-state index is 0.0109. The molecule has 2 heterocycles. The molecular formula is C17H19F3N4. The topological polar surface area (TPSA) is 50.7 Å². The maximum atomic E-state index is 13.4. The molecule has 128 valence electrons. The second-order valence-corrected chi connectivity index (χ2v) is 5.54. The number of halogens is 3. The first kappa shape index (κ1) is 17.9. The second kappa shape index (κ2) is 7.42. The summed E-state index contributed by atoms with van der Waals surface area (Å²) in [4.78, 5) is 11.7. The molecule has 0 atom stereocenters. The van der Waals surface area contributed by atoms with Gasteiger partial charge in [-0.15, -0.1) is 0 Å². The lowest BCUT2D eigenvalue weighted by Gasteiger charge is -2.15. The quantitative estimate of drug-likeness (QED) is 0.808. The maximum Gasteiger partial charge on any atom is 0.435 e. The van der Waals surface area contributed by atoms with Crippen molar-refractivity contribution in [3.05, 3.63) is 48.2 Å². The molecule has 0 spiro atoms. The molecule has 0 aliphatic rings. The van der Waals surface area contributed by atoms with Crippen molar-refractivity contribution in [2.45, 2.75) is 39.3 Å². The Morgan fingerprint density at radius 3 is 2.62 bits per heavy atom. The van der Waals surface area contributed by atoms with Crippen molar-refractivity contribution in [3.8, 4) is 11.4 Å². The van der Waals surface area contributed by atoms with Crippen molar-refractivity contribution in [1.82, 2.24) is 15.0 Å². The highest BCUT2D eigenvalue weighted by atomic mass is 19.4. The lowest BCUT2D eigenvalue weighted by molar-refractivity contribution is -0.140. The van der Waals surface area contributed by atoms with Gasteiger partial charge in [0, 0.05) is 23.7 Å². The number of nitrogens with zero attached hydrogens (tertiary/aromatic N) is 3. The predicted octanol–water partition coefficient (Wildman–Crippen LogP) is 4.98. The van der Waals surface area contributed by atoms with Gasteiger partial charge < -0.3 is 5.32 Å². The highest BCUT2D eigenvalue weighted by Crippen LogP contribution is 2.34. The molecule has 2 aromatic heterocycles. The molecular weight excluding hydrogens is 317 g/mol. The minimum atomic E-state index is -4.59. The van der Waals surface area contributed by atoms with E-state index in [0.717, 1.165) is 24.6 Å². The molecule has 24 heavy (non-hydrogen) atoms. The summed E-state index contributed by atoms with van der Waals surface area (Å²) in [6.45, 7) is 7.56. The molecule has 0 radical (unpaired) electrons. The summed E-state index contributed by atoms with van der Waals surface area (Å²) in [5, 5.41) is 2.69. The third-order valence-electron chi connectivity index (χ3n) is 3.33. The normalized spacial score (nSPS) is 11.4. The fourth-order valence-corrected chi connectivity index (χ4v) is 2.15. The minimum Gasteiger partial charge on any atom is -0.356 e. The van der Waals surface area contributed by atoms with Crippen LogP contribution in [-0.2, 0) is 6.18 Å². The fraction of sp³-hybridized carbons (Fsp3) is 0.353. The van der Waals surface area contributed by atoms with E-state index in [-0.39, 0.29) is 11.5 Å². The number of alkyl halides is 3. The van der Waals surface area contributed by atoms with E-state index in [2.05, 4.69) is 26.8 Å². The van der Waals surface area contributed by atoms with Gasteiger partial charge >= 0.3 is 6.18 Å². The van der Waals surface area contributed by atoms with E-state index in [1.807, 2.05) is 6.92 Å². The first-order valence-corrected chi connectivity index (χ1v) is 7.62. The van der Waals surface area contributed by atoms with E-state index in [1.54, 1.807) is 19.2 Å². The van der Waals surface area contributed by atoms with Gasteiger partial charge in [-0.05, 0) is 31.4 Å². The van der Waals surface area contributed by atoms with Crippen LogP contribution in [0.2, 0.25) is 0 Å². The van der Waals surface area contributed by atoms with Crippen LogP contribution in [0.3, 0.4) is 0 Å². The highest BCUT2D eigenvalue weighted by molar-refractivity contribution is 5.59. The number of aryl methyl sites for hydroxylation is 1. The molecule has 1 N–H and O–H groups in total. The average molecular weight is 336 g/mol. The van der Waals surface area contributed by atoms with Gasteiger partial charge in [0.15, 0.2) is 11.5 Å². The summed E-state index contributed by atoms with van der Waals surface area (Å²) in [5.74, 6) is -0.0109. The Bertz CT molecular complexity index is 726. The number of rotatable bonds is 6. The summed E-state index contributed by atoms with van der Waals surface area (Å²) in [6, 6.07) is 1.69. The predicted molar refractivity (Wildman–Crippen MR) is 87.3 cm³/mol. The smallest absolute Gasteiger partial charge is 0.356 e. The van der Waals surface area contributed by atoms with Gasteiger partial charge in [-0.3, -0.25) is 4.98 Å². The van der Waals surface area contributed by atoms with Crippen LogP contribution in [0.25, 0.3) is 11.4 Å². The zero-order valence-corrected chi connectivity index (χ0v) is 13.6. The van der Waals surface area contributed by atoms with Gasteiger partial charge in [0.2, 0.25) is 0 Å². The number of anilines is 1. The van der Waals surface area contributed by atoms with Crippen molar-refractivity contribution in [3.63, 3.8) is 0 Å². The van der Waals surface area contributed by atoms with Crippen molar-refractivity contribution < 1.29 is 13.2 Å². The SMILES string of the molecule is C=C(CCCC)Nc1cnc(-c2cncc(C)c2)nc1C(F)(F)F. The van der Waals surface area contributed by atoms with E-state index in [0.29, 0.717) is 17.7 Å². The zero-order valence-electron chi connectivity index (χ0n) is 13.6. The number of pyridine rings is 1. The number of nitrogens with one attached hydrogen (secondary N) is 1. The Morgan fingerprint density at radius 1 is 1.25 bits per heavy atom. The molecule has 0 saturated heterocycles. The number of unbranched alkanes of at least 4 members (excludes halogenated alkanes) is 1. The van der Waals surface area contributed by atoms with E-state index < -0.39 is 11.9 Å². The monoisotopic (exact) mass is 336 g/mol. The van der Waals surface area contributed by atoms with Crippen LogP contribution in [-0.4, -0.2) is 15.0 Å². The van der Waals surface area contributed by atoms with Crippen LogP contribution < -0.4 is 5.32 Å². The van der Waals surface area contributed by atoms with Crippen molar-refractivity contribution >= 4 is 5.69 Å². The first-order chi connectivity index (χ1) is 11.3. The largest absolute Gasteiger partial charge is 0.435 e. The molecule has 0 fully saturated rings. The van der Waals surface area contributed by atoms with Crippen molar-refractivity contribution in [2.24, 2.45) is 0 Å². The number of hydrogen-bond donors (Lipinski definition) is 1. The van der Waals surface area contributed by atoms with Crippen LogP contribution in [0.1, 0.15) is 37.4 Å². The molecule has 0 aliphatic heterocycles. The maximum absolute atomic E-state index is 13.4. The molecule has 7 heteroatoms. The Balaban J connectivity index is 2.37. The Labute approximate surface area is 138 Å². The molecule has 0 amide bonds. The van der Waals surface area contributed by atoms with E-state index in [1.165, 1.54) is 6.20 Å². The summed E-state index contributed by atoms with van der Waals surface area (Å²) >= 11 is 0. The molecule has 0 unspecified atom stereocenters. The second-order valence-electron chi connectivity index (χ2n) is 5.54. The van der Waals surface area contributed by atoms with E-state index in [9.17, 15) is 13.2 Å².